The van der Waals surface area contributed by atoms with Gasteiger partial charge in [-0.15, -0.1) is 0 Å². The van der Waals surface area contributed by atoms with Gasteiger partial charge in [0, 0.05) is 19.6 Å². The molecule has 0 heterocycles. The van der Waals surface area contributed by atoms with Gasteiger partial charge < -0.3 is 9.80 Å². The lowest BCUT2D eigenvalue weighted by molar-refractivity contribution is -0.143. The van der Waals surface area contributed by atoms with Crippen LogP contribution in [0.2, 0.25) is 0 Å². The molecule has 0 N–H and O–H groups in total. The minimum Gasteiger partial charge on any atom is -0.341 e. The van der Waals surface area contributed by atoms with Gasteiger partial charge in [-0.1, -0.05) is 13.0 Å². The summed E-state index contributed by atoms with van der Waals surface area (Å²) in [5, 5.41) is 0. The normalized spacial score (nSPS) is 12.5. The summed E-state index contributed by atoms with van der Waals surface area (Å²) >= 11 is 0. The van der Waals surface area contributed by atoms with Crippen LogP contribution in [0, 0.1) is 0 Å². The molecule has 0 aromatic carbocycles. The van der Waals surface area contributed by atoms with E-state index in [4.69, 9.17) is 0 Å². The SMILES string of the molecule is C/C=C/C(=O)N(CC)C(CC)C(=O)N(CC)CC. The van der Waals surface area contributed by atoms with Gasteiger partial charge in [0.05, 0.1) is 0 Å². The Bertz CT molecular complexity index is 296. The molecule has 2 amide bonds. The molecule has 0 radical (unpaired) electrons. The molecule has 0 saturated heterocycles. The predicted molar refractivity (Wildman–Crippen MR) is 74.2 cm³/mol. The topological polar surface area (TPSA) is 40.6 Å². The van der Waals surface area contributed by atoms with Crippen LogP contribution in [-0.2, 0) is 9.59 Å². The number of nitrogens with zero attached hydrogens (tertiary/aromatic N) is 2. The summed E-state index contributed by atoms with van der Waals surface area (Å²) in [6.45, 7) is 11.5. The van der Waals surface area contributed by atoms with Crippen LogP contribution in [-0.4, -0.2) is 47.3 Å². The molecule has 0 aliphatic rings. The highest BCUT2D eigenvalue weighted by molar-refractivity contribution is 5.92. The average Bonchev–Trinajstić information content (AvgIpc) is 2.37. The number of likely N-dealkylation sites (N-methyl/N-ethyl adjacent to an activating group) is 2. The standard InChI is InChI=1S/C14H26N2O2/c1-6-11-13(17)16(10-5)12(7-2)14(18)15(8-3)9-4/h6,11-12H,7-10H2,1-5H3/b11-6+. The molecule has 0 rings (SSSR count). The van der Waals surface area contributed by atoms with Crippen LogP contribution in [0.4, 0.5) is 0 Å². The highest BCUT2D eigenvalue weighted by Gasteiger charge is 2.28. The van der Waals surface area contributed by atoms with Gasteiger partial charge in [0.25, 0.3) is 0 Å². The molecule has 1 unspecified atom stereocenters. The zero-order chi connectivity index (χ0) is 14.1. The summed E-state index contributed by atoms with van der Waals surface area (Å²) in [4.78, 5) is 27.7. The van der Waals surface area contributed by atoms with E-state index in [0.29, 0.717) is 26.1 Å². The summed E-state index contributed by atoms with van der Waals surface area (Å²) in [5.41, 5.74) is 0. The van der Waals surface area contributed by atoms with Gasteiger partial charge in [-0.2, -0.15) is 0 Å². The van der Waals surface area contributed by atoms with Crippen molar-refractivity contribution in [2.45, 2.75) is 47.1 Å². The number of rotatable bonds is 7. The number of allylic oxidation sites excluding steroid dienone is 1. The van der Waals surface area contributed by atoms with E-state index in [1.54, 1.807) is 22.8 Å². The van der Waals surface area contributed by atoms with Crippen molar-refractivity contribution in [1.82, 2.24) is 9.80 Å². The monoisotopic (exact) mass is 254 g/mol. The van der Waals surface area contributed by atoms with Gasteiger partial charge in [0.2, 0.25) is 11.8 Å². The molecule has 0 aliphatic heterocycles. The van der Waals surface area contributed by atoms with Gasteiger partial charge in [0.1, 0.15) is 6.04 Å². The minimum atomic E-state index is -0.349. The Morgan fingerprint density at radius 3 is 1.94 bits per heavy atom. The van der Waals surface area contributed by atoms with E-state index in [1.807, 2.05) is 27.7 Å². The summed E-state index contributed by atoms with van der Waals surface area (Å²) in [6, 6.07) is -0.349. The number of carbonyl (C=O) groups excluding carboxylic acids is 2. The number of hydrogen-bond acceptors (Lipinski definition) is 2. The third kappa shape index (κ3) is 4.17. The Labute approximate surface area is 111 Å². The van der Waals surface area contributed by atoms with Crippen LogP contribution < -0.4 is 0 Å². The molecule has 0 bridgehead atoms. The zero-order valence-corrected chi connectivity index (χ0v) is 12.3. The van der Waals surface area contributed by atoms with Crippen molar-refractivity contribution < 1.29 is 9.59 Å². The van der Waals surface area contributed by atoms with Gasteiger partial charge >= 0.3 is 0 Å². The highest BCUT2D eigenvalue weighted by Crippen LogP contribution is 2.09. The quantitative estimate of drug-likeness (QED) is 0.652. The molecule has 104 valence electrons. The van der Waals surface area contributed by atoms with E-state index in [1.165, 1.54) is 6.08 Å². The Kier molecular flexibility index (Phi) is 8.08. The van der Waals surface area contributed by atoms with Crippen molar-refractivity contribution in [2.24, 2.45) is 0 Å². The first-order valence-corrected chi connectivity index (χ1v) is 6.79. The fraction of sp³-hybridized carbons (Fsp3) is 0.714. The summed E-state index contributed by atoms with van der Waals surface area (Å²) in [7, 11) is 0. The van der Waals surface area contributed by atoms with Crippen molar-refractivity contribution in [3.8, 4) is 0 Å². The van der Waals surface area contributed by atoms with E-state index >= 15 is 0 Å². The van der Waals surface area contributed by atoms with Crippen molar-refractivity contribution in [2.75, 3.05) is 19.6 Å². The van der Waals surface area contributed by atoms with Crippen LogP contribution in [0.25, 0.3) is 0 Å². The maximum atomic E-state index is 12.4. The summed E-state index contributed by atoms with van der Waals surface area (Å²) < 4.78 is 0. The lowest BCUT2D eigenvalue weighted by atomic mass is 10.1. The largest absolute Gasteiger partial charge is 0.341 e. The first-order valence-electron chi connectivity index (χ1n) is 6.79. The van der Waals surface area contributed by atoms with E-state index in [9.17, 15) is 9.59 Å². The van der Waals surface area contributed by atoms with Crippen LogP contribution in [0.3, 0.4) is 0 Å². The molecule has 0 aliphatic carbocycles. The Balaban J connectivity index is 5.02. The molecule has 0 saturated carbocycles. The van der Waals surface area contributed by atoms with Gasteiger partial charge in [0.15, 0.2) is 0 Å². The fourth-order valence-corrected chi connectivity index (χ4v) is 2.04. The zero-order valence-electron chi connectivity index (χ0n) is 12.3. The molecule has 0 fully saturated rings. The van der Waals surface area contributed by atoms with E-state index in [0.717, 1.165) is 0 Å². The second-order valence-electron chi connectivity index (χ2n) is 4.06. The lowest BCUT2D eigenvalue weighted by Crippen LogP contribution is -2.50. The van der Waals surface area contributed by atoms with Crippen molar-refractivity contribution in [3.05, 3.63) is 12.2 Å². The second-order valence-corrected chi connectivity index (χ2v) is 4.06. The molecular weight excluding hydrogens is 228 g/mol. The molecule has 4 nitrogen and oxygen atoms in total. The fourth-order valence-electron chi connectivity index (χ4n) is 2.04. The first-order chi connectivity index (χ1) is 8.56. The number of amides is 2. The molecule has 0 spiro atoms. The minimum absolute atomic E-state index is 0.0437. The summed E-state index contributed by atoms with van der Waals surface area (Å²) in [5.74, 6) is -0.0467. The molecule has 0 aromatic rings. The first kappa shape index (κ1) is 16.7. The van der Waals surface area contributed by atoms with Crippen molar-refractivity contribution >= 4 is 11.8 Å². The van der Waals surface area contributed by atoms with Gasteiger partial charge in [-0.05, 0) is 40.2 Å². The smallest absolute Gasteiger partial charge is 0.246 e. The third-order valence-electron chi connectivity index (χ3n) is 3.06. The highest BCUT2D eigenvalue weighted by atomic mass is 16.2. The molecule has 0 aromatic heterocycles. The van der Waals surface area contributed by atoms with Gasteiger partial charge in [-0.25, -0.2) is 0 Å². The van der Waals surface area contributed by atoms with Crippen molar-refractivity contribution in [1.29, 1.82) is 0 Å². The number of carbonyl (C=O) groups is 2. The third-order valence-corrected chi connectivity index (χ3v) is 3.06. The Morgan fingerprint density at radius 2 is 1.61 bits per heavy atom. The molecule has 4 heteroatoms. The van der Waals surface area contributed by atoms with Crippen molar-refractivity contribution in [3.63, 3.8) is 0 Å². The van der Waals surface area contributed by atoms with Crippen LogP contribution in [0.1, 0.15) is 41.0 Å². The molecule has 18 heavy (non-hydrogen) atoms. The number of hydrogen-bond donors (Lipinski definition) is 0. The van der Waals surface area contributed by atoms with Crippen LogP contribution >= 0.6 is 0 Å². The van der Waals surface area contributed by atoms with E-state index in [2.05, 4.69) is 0 Å². The van der Waals surface area contributed by atoms with Crippen LogP contribution in [0.5, 0.6) is 0 Å². The van der Waals surface area contributed by atoms with Crippen LogP contribution in [0.15, 0.2) is 12.2 Å². The molecular formula is C14H26N2O2. The molecule has 1 atom stereocenters. The second kappa shape index (κ2) is 8.72. The lowest BCUT2D eigenvalue weighted by Gasteiger charge is -2.32. The summed E-state index contributed by atoms with van der Waals surface area (Å²) in [6.07, 6.45) is 3.87. The maximum absolute atomic E-state index is 12.4. The predicted octanol–water partition coefficient (Wildman–Crippen LogP) is 2.06. The Hall–Kier alpha value is -1.32. The Morgan fingerprint density at radius 1 is 1.06 bits per heavy atom. The maximum Gasteiger partial charge on any atom is 0.246 e. The van der Waals surface area contributed by atoms with Gasteiger partial charge in [-0.3, -0.25) is 9.59 Å². The van der Waals surface area contributed by atoms with E-state index < -0.39 is 0 Å². The van der Waals surface area contributed by atoms with E-state index in [-0.39, 0.29) is 17.9 Å². The average molecular weight is 254 g/mol.